The summed E-state index contributed by atoms with van der Waals surface area (Å²) in [7, 11) is 0. The molecule has 86 valence electrons. The van der Waals surface area contributed by atoms with Crippen molar-refractivity contribution in [3.8, 4) is 0 Å². The summed E-state index contributed by atoms with van der Waals surface area (Å²) >= 11 is 0. The van der Waals surface area contributed by atoms with E-state index in [1.54, 1.807) is 13.1 Å². The van der Waals surface area contributed by atoms with Gasteiger partial charge in [-0.2, -0.15) is 0 Å². The Labute approximate surface area is 96.4 Å². The highest BCUT2D eigenvalue weighted by molar-refractivity contribution is 5.43. The van der Waals surface area contributed by atoms with Gasteiger partial charge in [0.15, 0.2) is 0 Å². The van der Waals surface area contributed by atoms with Crippen molar-refractivity contribution >= 4 is 5.82 Å². The fraction of sp³-hybridized carbons (Fsp3) is 0.462. The lowest BCUT2D eigenvalue weighted by molar-refractivity contribution is 0.199. The first-order chi connectivity index (χ1) is 7.66. The van der Waals surface area contributed by atoms with Crippen LogP contribution in [0.3, 0.4) is 0 Å². The minimum Gasteiger partial charge on any atom is -0.389 e. The number of nitrogens with zero attached hydrogens (tertiary/aromatic N) is 2. The number of hydrogen-bond donors (Lipinski definition) is 1. The number of aliphatic hydroxyl groups excluding tert-OH is 1. The first-order valence-electron chi connectivity index (χ1n) is 5.71. The summed E-state index contributed by atoms with van der Waals surface area (Å²) in [6, 6.07) is 3.83. The SMILES string of the molecule is CC1=CCN(c2cc([C@H](C)O)ccn2)CC1. The van der Waals surface area contributed by atoms with Crippen LogP contribution in [0.15, 0.2) is 30.0 Å². The molecule has 0 radical (unpaired) electrons. The minimum absolute atomic E-state index is 0.427. The predicted octanol–water partition coefficient (Wildman–Crippen LogP) is 2.29. The zero-order valence-corrected chi connectivity index (χ0v) is 9.85. The van der Waals surface area contributed by atoms with Gasteiger partial charge in [-0.15, -0.1) is 0 Å². The van der Waals surface area contributed by atoms with Crippen LogP contribution in [0.25, 0.3) is 0 Å². The lowest BCUT2D eigenvalue weighted by Crippen LogP contribution is -2.28. The lowest BCUT2D eigenvalue weighted by Gasteiger charge is -2.26. The summed E-state index contributed by atoms with van der Waals surface area (Å²) in [6.45, 7) is 5.87. The van der Waals surface area contributed by atoms with E-state index in [0.29, 0.717) is 0 Å². The second kappa shape index (κ2) is 4.66. The van der Waals surface area contributed by atoms with E-state index >= 15 is 0 Å². The Balaban J connectivity index is 2.18. The maximum atomic E-state index is 9.53. The van der Waals surface area contributed by atoms with Crippen molar-refractivity contribution in [2.45, 2.75) is 26.4 Å². The fourth-order valence-corrected chi connectivity index (χ4v) is 1.85. The molecule has 0 saturated heterocycles. The maximum absolute atomic E-state index is 9.53. The summed E-state index contributed by atoms with van der Waals surface area (Å²) < 4.78 is 0. The Morgan fingerprint density at radius 1 is 1.50 bits per heavy atom. The van der Waals surface area contributed by atoms with Crippen LogP contribution in [0.5, 0.6) is 0 Å². The van der Waals surface area contributed by atoms with Crippen molar-refractivity contribution in [1.82, 2.24) is 4.98 Å². The first kappa shape index (κ1) is 11.1. The third-order valence-electron chi connectivity index (χ3n) is 3.01. The Hall–Kier alpha value is -1.35. The molecule has 3 heteroatoms. The van der Waals surface area contributed by atoms with E-state index in [-0.39, 0.29) is 0 Å². The van der Waals surface area contributed by atoms with E-state index in [0.717, 1.165) is 30.9 Å². The molecule has 0 unspecified atom stereocenters. The van der Waals surface area contributed by atoms with Crippen molar-refractivity contribution in [2.24, 2.45) is 0 Å². The second-order valence-corrected chi connectivity index (χ2v) is 4.37. The largest absolute Gasteiger partial charge is 0.389 e. The van der Waals surface area contributed by atoms with Crippen LogP contribution in [0.1, 0.15) is 31.9 Å². The molecular formula is C13H18N2O. The van der Waals surface area contributed by atoms with E-state index in [1.165, 1.54) is 5.57 Å². The monoisotopic (exact) mass is 218 g/mol. The van der Waals surface area contributed by atoms with Gasteiger partial charge in [0.1, 0.15) is 5.82 Å². The Bertz CT molecular complexity index is 399. The van der Waals surface area contributed by atoms with Gasteiger partial charge in [-0.05, 0) is 38.0 Å². The van der Waals surface area contributed by atoms with Gasteiger partial charge in [-0.25, -0.2) is 4.98 Å². The Morgan fingerprint density at radius 2 is 2.31 bits per heavy atom. The highest BCUT2D eigenvalue weighted by Crippen LogP contribution is 2.20. The molecule has 1 atom stereocenters. The molecule has 0 spiro atoms. The molecule has 0 fully saturated rings. The van der Waals surface area contributed by atoms with Crippen LogP contribution in [0, 0.1) is 0 Å². The van der Waals surface area contributed by atoms with Gasteiger partial charge in [0, 0.05) is 19.3 Å². The standard InChI is InChI=1S/C13H18N2O/c1-10-4-7-15(8-5-10)13-9-12(11(2)16)3-6-14-13/h3-4,6,9,11,16H,5,7-8H2,1-2H3/t11-/m0/s1. The summed E-state index contributed by atoms with van der Waals surface area (Å²) in [4.78, 5) is 6.59. The number of anilines is 1. The molecule has 3 nitrogen and oxygen atoms in total. The van der Waals surface area contributed by atoms with Crippen molar-refractivity contribution in [3.63, 3.8) is 0 Å². The number of pyridine rings is 1. The zero-order valence-electron chi connectivity index (χ0n) is 9.85. The van der Waals surface area contributed by atoms with Crippen LogP contribution in [0.2, 0.25) is 0 Å². The van der Waals surface area contributed by atoms with Gasteiger partial charge in [-0.1, -0.05) is 11.6 Å². The van der Waals surface area contributed by atoms with E-state index < -0.39 is 6.10 Å². The van der Waals surface area contributed by atoms with Crippen LogP contribution >= 0.6 is 0 Å². The maximum Gasteiger partial charge on any atom is 0.129 e. The normalized spacial score (nSPS) is 18.2. The summed E-state index contributed by atoms with van der Waals surface area (Å²) in [5, 5.41) is 9.53. The third kappa shape index (κ3) is 2.42. The van der Waals surface area contributed by atoms with Crippen LogP contribution in [-0.2, 0) is 0 Å². The minimum atomic E-state index is -0.427. The molecular weight excluding hydrogens is 200 g/mol. The van der Waals surface area contributed by atoms with Crippen LogP contribution in [-0.4, -0.2) is 23.2 Å². The average molecular weight is 218 g/mol. The zero-order chi connectivity index (χ0) is 11.5. The summed E-state index contributed by atoms with van der Waals surface area (Å²) in [5.74, 6) is 0.960. The van der Waals surface area contributed by atoms with E-state index in [9.17, 15) is 5.11 Å². The molecule has 1 aliphatic rings. The van der Waals surface area contributed by atoms with Crippen molar-refractivity contribution in [3.05, 3.63) is 35.5 Å². The summed E-state index contributed by atoms with van der Waals surface area (Å²) in [5.41, 5.74) is 2.37. The van der Waals surface area contributed by atoms with Crippen molar-refractivity contribution in [2.75, 3.05) is 18.0 Å². The average Bonchev–Trinajstić information content (AvgIpc) is 2.30. The third-order valence-corrected chi connectivity index (χ3v) is 3.01. The van der Waals surface area contributed by atoms with Gasteiger partial charge < -0.3 is 10.0 Å². The summed E-state index contributed by atoms with van der Waals surface area (Å²) in [6.07, 6.45) is 4.67. The molecule has 0 aliphatic carbocycles. The molecule has 16 heavy (non-hydrogen) atoms. The van der Waals surface area contributed by atoms with Gasteiger partial charge in [0.25, 0.3) is 0 Å². The van der Waals surface area contributed by atoms with Gasteiger partial charge in [0.05, 0.1) is 6.10 Å². The second-order valence-electron chi connectivity index (χ2n) is 4.37. The van der Waals surface area contributed by atoms with Crippen LogP contribution < -0.4 is 4.90 Å². The van der Waals surface area contributed by atoms with E-state index in [2.05, 4.69) is 22.9 Å². The highest BCUT2D eigenvalue weighted by atomic mass is 16.3. The van der Waals surface area contributed by atoms with E-state index in [4.69, 9.17) is 0 Å². The number of hydrogen-bond acceptors (Lipinski definition) is 3. The number of aliphatic hydroxyl groups is 1. The topological polar surface area (TPSA) is 36.4 Å². The molecule has 0 bridgehead atoms. The number of rotatable bonds is 2. The quantitative estimate of drug-likeness (QED) is 0.774. The first-order valence-corrected chi connectivity index (χ1v) is 5.71. The van der Waals surface area contributed by atoms with Crippen molar-refractivity contribution in [1.29, 1.82) is 0 Å². The lowest BCUT2D eigenvalue weighted by atomic mass is 10.1. The molecule has 2 heterocycles. The van der Waals surface area contributed by atoms with Crippen LogP contribution in [0.4, 0.5) is 5.82 Å². The van der Waals surface area contributed by atoms with Gasteiger partial charge >= 0.3 is 0 Å². The Kier molecular flexibility index (Phi) is 3.25. The molecule has 0 saturated carbocycles. The highest BCUT2D eigenvalue weighted by Gasteiger charge is 2.12. The Morgan fingerprint density at radius 3 is 2.94 bits per heavy atom. The van der Waals surface area contributed by atoms with E-state index in [1.807, 2.05) is 12.1 Å². The van der Waals surface area contributed by atoms with Crippen molar-refractivity contribution < 1.29 is 5.11 Å². The predicted molar refractivity (Wildman–Crippen MR) is 65.5 cm³/mol. The molecule has 1 aromatic heterocycles. The molecule has 0 aromatic carbocycles. The van der Waals surface area contributed by atoms with Gasteiger partial charge in [0.2, 0.25) is 0 Å². The molecule has 1 N–H and O–H groups in total. The number of aromatic nitrogens is 1. The molecule has 1 aliphatic heterocycles. The fourth-order valence-electron chi connectivity index (χ4n) is 1.85. The molecule has 1 aromatic rings. The smallest absolute Gasteiger partial charge is 0.129 e. The molecule has 0 amide bonds. The van der Waals surface area contributed by atoms with Gasteiger partial charge in [-0.3, -0.25) is 0 Å². The molecule has 2 rings (SSSR count).